The molecule has 1 aromatic heterocycles. The third-order valence-corrected chi connectivity index (χ3v) is 2.26. The zero-order valence-corrected chi connectivity index (χ0v) is 9.20. The first-order valence-corrected chi connectivity index (χ1v) is 4.99. The van der Waals surface area contributed by atoms with Gasteiger partial charge >= 0.3 is 0 Å². The van der Waals surface area contributed by atoms with Gasteiger partial charge in [-0.05, 0) is 24.3 Å². The number of halogens is 2. The van der Waals surface area contributed by atoms with Gasteiger partial charge in [-0.3, -0.25) is 0 Å². The monoisotopic (exact) mass is 267 g/mol. The minimum Gasteiger partial charge on any atom is -0.384 e. The van der Waals surface area contributed by atoms with E-state index in [0.29, 0.717) is 21.7 Å². The summed E-state index contributed by atoms with van der Waals surface area (Å²) < 4.78 is 13.7. The van der Waals surface area contributed by atoms with E-state index >= 15 is 0 Å². The molecule has 0 unspecified atom stereocenters. The molecule has 0 radical (unpaired) electrons. The van der Waals surface area contributed by atoms with Crippen molar-refractivity contribution in [3.05, 3.63) is 40.8 Å². The van der Waals surface area contributed by atoms with E-state index in [4.69, 9.17) is 5.73 Å². The lowest BCUT2D eigenvalue weighted by Gasteiger charge is -2.01. The van der Waals surface area contributed by atoms with E-state index in [-0.39, 0.29) is 5.82 Å². The minimum atomic E-state index is -0.342. The summed E-state index contributed by atoms with van der Waals surface area (Å²) in [4.78, 5) is 8.02. The Balaban J connectivity index is 2.54. The predicted octanol–water partition coefficient (Wildman–Crippen LogP) is 2.63. The molecule has 5 heteroatoms. The molecule has 2 rings (SSSR count). The van der Waals surface area contributed by atoms with Gasteiger partial charge in [0, 0.05) is 16.2 Å². The van der Waals surface area contributed by atoms with Gasteiger partial charge in [-0.1, -0.05) is 15.9 Å². The highest BCUT2D eigenvalue weighted by molar-refractivity contribution is 9.10. The summed E-state index contributed by atoms with van der Waals surface area (Å²) in [6, 6.07) is 6.05. The predicted molar refractivity (Wildman–Crippen MR) is 59.5 cm³/mol. The van der Waals surface area contributed by atoms with Crippen molar-refractivity contribution in [3.8, 4) is 11.4 Å². The lowest BCUT2D eigenvalue weighted by atomic mass is 10.2. The molecule has 0 aliphatic carbocycles. The van der Waals surface area contributed by atoms with Crippen molar-refractivity contribution in [1.82, 2.24) is 9.97 Å². The maximum atomic E-state index is 13.1. The minimum absolute atomic E-state index is 0.342. The van der Waals surface area contributed by atoms with Gasteiger partial charge in [-0.2, -0.15) is 0 Å². The Labute approximate surface area is 94.3 Å². The molecule has 0 fully saturated rings. The van der Waals surface area contributed by atoms with E-state index in [1.165, 1.54) is 18.3 Å². The van der Waals surface area contributed by atoms with Gasteiger partial charge in [0.05, 0.1) is 0 Å². The van der Waals surface area contributed by atoms with Crippen LogP contribution in [-0.4, -0.2) is 9.97 Å². The van der Waals surface area contributed by atoms with Crippen molar-refractivity contribution in [2.24, 2.45) is 0 Å². The van der Waals surface area contributed by atoms with Crippen molar-refractivity contribution < 1.29 is 4.39 Å². The first-order chi connectivity index (χ1) is 7.15. The van der Waals surface area contributed by atoms with E-state index < -0.39 is 0 Å². The van der Waals surface area contributed by atoms with E-state index in [0.717, 1.165) is 0 Å². The third-order valence-electron chi connectivity index (χ3n) is 1.80. The summed E-state index contributed by atoms with van der Waals surface area (Å²) in [6.45, 7) is 0. The Morgan fingerprint density at radius 2 is 2.07 bits per heavy atom. The zero-order valence-electron chi connectivity index (χ0n) is 7.61. The number of nitrogens with two attached hydrogens (primary N) is 1. The Bertz CT molecular complexity index is 482. The van der Waals surface area contributed by atoms with E-state index in [1.54, 1.807) is 12.1 Å². The largest absolute Gasteiger partial charge is 0.384 e. The van der Waals surface area contributed by atoms with E-state index in [2.05, 4.69) is 25.9 Å². The fraction of sp³-hybridized carbons (Fsp3) is 0. The lowest BCUT2D eigenvalue weighted by Crippen LogP contribution is -1.94. The topological polar surface area (TPSA) is 51.8 Å². The second-order valence-corrected chi connectivity index (χ2v) is 3.88. The maximum absolute atomic E-state index is 13.1. The van der Waals surface area contributed by atoms with Gasteiger partial charge < -0.3 is 5.73 Å². The average molecular weight is 268 g/mol. The first-order valence-electron chi connectivity index (χ1n) is 4.20. The highest BCUT2D eigenvalue weighted by atomic mass is 79.9. The number of nitrogen functional groups attached to an aromatic ring is 1. The van der Waals surface area contributed by atoms with Crippen LogP contribution >= 0.6 is 15.9 Å². The van der Waals surface area contributed by atoms with Crippen LogP contribution in [0.5, 0.6) is 0 Å². The molecule has 1 aromatic carbocycles. The quantitative estimate of drug-likeness (QED) is 0.864. The normalized spacial score (nSPS) is 10.3. The van der Waals surface area contributed by atoms with Crippen molar-refractivity contribution in [3.63, 3.8) is 0 Å². The molecular formula is C10H7BrFN3. The molecule has 2 aromatic rings. The van der Waals surface area contributed by atoms with Crippen LogP contribution in [0, 0.1) is 5.82 Å². The van der Waals surface area contributed by atoms with Crippen LogP contribution in [0.25, 0.3) is 11.4 Å². The molecule has 0 aliphatic heterocycles. The second kappa shape index (κ2) is 3.94. The van der Waals surface area contributed by atoms with Crippen molar-refractivity contribution in [2.45, 2.75) is 0 Å². The Morgan fingerprint density at radius 1 is 1.27 bits per heavy atom. The molecule has 0 spiro atoms. The third kappa shape index (κ3) is 2.30. The molecule has 15 heavy (non-hydrogen) atoms. The zero-order chi connectivity index (χ0) is 10.8. The number of rotatable bonds is 1. The van der Waals surface area contributed by atoms with Crippen LogP contribution < -0.4 is 5.73 Å². The van der Waals surface area contributed by atoms with Crippen LogP contribution in [0.4, 0.5) is 10.2 Å². The Morgan fingerprint density at radius 3 is 2.73 bits per heavy atom. The summed E-state index contributed by atoms with van der Waals surface area (Å²) in [7, 11) is 0. The molecule has 3 nitrogen and oxygen atoms in total. The van der Waals surface area contributed by atoms with Crippen molar-refractivity contribution >= 4 is 21.7 Å². The highest BCUT2D eigenvalue weighted by Crippen LogP contribution is 2.22. The van der Waals surface area contributed by atoms with Gasteiger partial charge in [-0.25, -0.2) is 14.4 Å². The standard InChI is InChI=1S/C10H7BrFN3/c11-7-3-6(4-8(12)5-7)10-14-2-1-9(13)15-10/h1-5H,(H2,13,14,15). The van der Waals surface area contributed by atoms with Gasteiger partial charge in [0.1, 0.15) is 11.6 Å². The molecule has 0 saturated heterocycles. The molecule has 0 atom stereocenters. The molecule has 0 amide bonds. The van der Waals surface area contributed by atoms with Crippen molar-refractivity contribution in [1.29, 1.82) is 0 Å². The van der Waals surface area contributed by atoms with Gasteiger partial charge in [0.25, 0.3) is 0 Å². The maximum Gasteiger partial charge on any atom is 0.161 e. The van der Waals surface area contributed by atoms with Gasteiger partial charge in [0.15, 0.2) is 5.82 Å². The van der Waals surface area contributed by atoms with Gasteiger partial charge in [0.2, 0.25) is 0 Å². The smallest absolute Gasteiger partial charge is 0.161 e. The summed E-state index contributed by atoms with van der Waals surface area (Å²) in [5, 5.41) is 0. The molecule has 0 aliphatic rings. The number of hydrogen-bond acceptors (Lipinski definition) is 3. The number of nitrogens with zero attached hydrogens (tertiary/aromatic N) is 2. The fourth-order valence-electron chi connectivity index (χ4n) is 1.19. The van der Waals surface area contributed by atoms with Gasteiger partial charge in [-0.15, -0.1) is 0 Å². The summed E-state index contributed by atoms with van der Waals surface area (Å²) in [5.41, 5.74) is 6.11. The van der Waals surface area contributed by atoms with Crippen LogP contribution in [0.2, 0.25) is 0 Å². The van der Waals surface area contributed by atoms with Crippen LogP contribution in [0.3, 0.4) is 0 Å². The number of hydrogen-bond donors (Lipinski definition) is 1. The summed E-state index contributed by atoms with van der Waals surface area (Å²) >= 11 is 3.20. The summed E-state index contributed by atoms with van der Waals surface area (Å²) in [6.07, 6.45) is 1.54. The fourth-order valence-corrected chi connectivity index (χ4v) is 1.66. The average Bonchev–Trinajstić information content (AvgIpc) is 2.16. The van der Waals surface area contributed by atoms with E-state index in [9.17, 15) is 4.39 Å². The molecule has 0 bridgehead atoms. The number of benzene rings is 1. The second-order valence-electron chi connectivity index (χ2n) is 2.96. The molecular weight excluding hydrogens is 261 g/mol. The van der Waals surface area contributed by atoms with Crippen molar-refractivity contribution in [2.75, 3.05) is 5.73 Å². The first kappa shape index (κ1) is 10.0. The van der Waals surface area contributed by atoms with Crippen LogP contribution in [0.1, 0.15) is 0 Å². The summed E-state index contributed by atoms with van der Waals surface area (Å²) in [5.74, 6) is 0.431. The Kier molecular flexibility index (Phi) is 2.64. The molecule has 2 N–H and O–H groups in total. The van der Waals surface area contributed by atoms with E-state index in [1.807, 2.05) is 0 Å². The highest BCUT2D eigenvalue weighted by Gasteiger charge is 2.04. The Hall–Kier alpha value is -1.49. The van der Waals surface area contributed by atoms with Crippen LogP contribution in [0.15, 0.2) is 34.9 Å². The van der Waals surface area contributed by atoms with Crippen LogP contribution in [-0.2, 0) is 0 Å². The lowest BCUT2D eigenvalue weighted by molar-refractivity contribution is 0.627. The molecule has 1 heterocycles. The number of anilines is 1. The SMILES string of the molecule is Nc1ccnc(-c2cc(F)cc(Br)c2)n1. The molecule has 0 saturated carbocycles. The molecule has 76 valence electrons. The number of aromatic nitrogens is 2.